The minimum atomic E-state index is -0.767. The number of benzene rings is 1. The summed E-state index contributed by atoms with van der Waals surface area (Å²) in [5.41, 5.74) is 3.42. The van der Waals surface area contributed by atoms with Gasteiger partial charge in [0.15, 0.2) is 5.82 Å². The molecule has 0 radical (unpaired) electrons. The summed E-state index contributed by atoms with van der Waals surface area (Å²) in [7, 11) is 0. The van der Waals surface area contributed by atoms with Crippen molar-refractivity contribution in [3.8, 4) is 0 Å². The maximum atomic E-state index is 15.0. The standard InChI is InChI=1S/C24H25F2N7O3/c1-14-23(35)29-21-16(27-14)5-4-15(20(21)25)13-31-9-11-32(12-10-31)18-7-6-17(28-22(18)26)24(36)30-33-8-2-3-19(33)34/h4-7H,2-3,8-13H2,1H3,(H,29,35)(H,30,36). The number of amides is 2. The fourth-order valence-corrected chi connectivity index (χ4v) is 4.50. The third-order valence-electron chi connectivity index (χ3n) is 6.53. The number of hydrogen-bond acceptors (Lipinski definition) is 7. The third kappa shape index (κ3) is 4.63. The van der Waals surface area contributed by atoms with Crippen molar-refractivity contribution in [1.82, 2.24) is 30.3 Å². The Hall–Kier alpha value is -3.93. The van der Waals surface area contributed by atoms with E-state index in [0.29, 0.717) is 63.2 Å². The number of aromatic amines is 1. The highest BCUT2D eigenvalue weighted by molar-refractivity contribution is 5.94. The molecule has 2 aromatic heterocycles. The Morgan fingerprint density at radius 3 is 2.53 bits per heavy atom. The Bertz CT molecular complexity index is 1400. The molecule has 2 saturated heterocycles. The smallest absolute Gasteiger partial charge is 0.288 e. The molecule has 2 aliphatic rings. The first kappa shape index (κ1) is 23.8. The van der Waals surface area contributed by atoms with Crippen LogP contribution in [0.4, 0.5) is 14.5 Å². The van der Waals surface area contributed by atoms with E-state index < -0.39 is 23.2 Å². The third-order valence-corrected chi connectivity index (χ3v) is 6.53. The van der Waals surface area contributed by atoms with Gasteiger partial charge in [-0.2, -0.15) is 4.39 Å². The van der Waals surface area contributed by atoms with E-state index in [1.54, 1.807) is 19.1 Å². The number of nitrogens with one attached hydrogen (secondary N) is 2. The Morgan fingerprint density at radius 1 is 1.06 bits per heavy atom. The Labute approximate surface area is 204 Å². The number of hydrogen-bond donors (Lipinski definition) is 2. The minimum Gasteiger partial charge on any atom is -0.365 e. The first-order valence-electron chi connectivity index (χ1n) is 11.7. The number of aromatic nitrogens is 3. The normalized spacial score (nSPS) is 16.7. The van der Waals surface area contributed by atoms with Crippen molar-refractivity contribution in [2.75, 3.05) is 37.6 Å². The summed E-state index contributed by atoms with van der Waals surface area (Å²) < 4.78 is 29.8. The number of pyridine rings is 1. The lowest BCUT2D eigenvalue weighted by Crippen LogP contribution is -2.46. The zero-order valence-electron chi connectivity index (χ0n) is 19.7. The van der Waals surface area contributed by atoms with Crippen molar-refractivity contribution in [1.29, 1.82) is 0 Å². The number of H-pyrrole nitrogens is 1. The van der Waals surface area contributed by atoms with Crippen LogP contribution in [0.2, 0.25) is 0 Å². The second-order valence-electron chi connectivity index (χ2n) is 8.94. The number of fused-ring (bicyclic) bond motifs is 1. The maximum Gasteiger partial charge on any atom is 0.288 e. The average molecular weight is 498 g/mol. The second-order valence-corrected chi connectivity index (χ2v) is 8.94. The molecule has 188 valence electrons. The Kier molecular flexibility index (Phi) is 6.35. The van der Waals surface area contributed by atoms with Crippen LogP contribution in [0.5, 0.6) is 0 Å². The lowest BCUT2D eigenvalue weighted by molar-refractivity contribution is -0.129. The summed E-state index contributed by atoms with van der Waals surface area (Å²) in [6, 6.07) is 6.29. The van der Waals surface area contributed by atoms with E-state index in [2.05, 4.69) is 20.4 Å². The number of nitrogens with zero attached hydrogens (tertiary/aromatic N) is 5. The molecule has 2 fully saturated rings. The van der Waals surface area contributed by atoms with E-state index in [9.17, 15) is 18.8 Å². The molecular weight excluding hydrogens is 472 g/mol. The van der Waals surface area contributed by atoms with Gasteiger partial charge in [0.1, 0.15) is 16.9 Å². The van der Waals surface area contributed by atoms with Gasteiger partial charge in [0.2, 0.25) is 11.9 Å². The van der Waals surface area contributed by atoms with Gasteiger partial charge >= 0.3 is 0 Å². The lowest BCUT2D eigenvalue weighted by Gasteiger charge is -2.36. The Balaban J connectivity index is 1.22. The number of aryl methyl sites for hydroxylation is 1. The van der Waals surface area contributed by atoms with Gasteiger partial charge in [-0.25, -0.2) is 14.4 Å². The fraction of sp³-hybridized carbons (Fsp3) is 0.375. The number of piperazine rings is 1. The zero-order chi connectivity index (χ0) is 25.4. The zero-order valence-corrected chi connectivity index (χ0v) is 19.7. The van der Waals surface area contributed by atoms with Crippen LogP contribution in [0.15, 0.2) is 29.1 Å². The van der Waals surface area contributed by atoms with Crippen molar-refractivity contribution < 1.29 is 18.4 Å². The molecule has 2 amide bonds. The summed E-state index contributed by atoms with van der Waals surface area (Å²) in [5.74, 6) is -2.08. The second kappa shape index (κ2) is 9.61. The molecule has 5 rings (SSSR count). The highest BCUT2D eigenvalue weighted by atomic mass is 19.1. The summed E-state index contributed by atoms with van der Waals surface area (Å²) in [4.78, 5) is 50.2. The number of anilines is 1. The van der Waals surface area contributed by atoms with Crippen LogP contribution in [0.1, 0.15) is 34.6 Å². The quantitative estimate of drug-likeness (QED) is 0.514. The molecule has 0 saturated carbocycles. The van der Waals surface area contributed by atoms with Crippen LogP contribution in [-0.2, 0) is 11.3 Å². The largest absolute Gasteiger partial charge is 0.365 e. The summed E-state index contributed by atoms with van der Waals surface area (Å²) in [6.45, 7) is 4.41. The van der Waals surface area contributed by atoms with Crippen molar-refractivity contribution in [2.45, 2.75) is 26.3 Å². The number of hydrazine groups is 1. The molecule has 10 nitrogen and oxygen atoms in total. The summed E-state index contributed by atoms with van der Waals surface area (Å²) >= 11 is 0. The van der Waals surface area contributed by atoms with Gasteiger partial charge in [0, 0.05) is 51.3 Å². The van der Waals surface area contributed by atoms with Gasteiger partial charge in [-0.3, -0.25) is 29.7 Å². The van der Waals surface area contributed by atoms with Crippen LogP contribution in [0, 0.1) is 18.7 Å². The highest BCUT2D eigenvalue weighted by Gasteiger charge is 2.25. The van der Waals surface area contributed by atoms with Crippen LogP contribution in [0.3, 0.4) is 0 Å². The fourth-order valence-electron chi connectivity index (χ4n) is 4.50. The van der Waals surface area contributed by atoms with Gasteiger partial charge in [0.05, 0.1) is 11.2 Å². The van der Waals surface area contributed by atoms with E-state index in [1.165, 1.54) is 17.1 Å². The maximum absolute atomic E-state index is 15.0. The molecule has 36 heavy (non-hydrogen) atoms. The molecule has 0 atom stereocenters. The molecule has 3 aromatic rings. The summed E-state index contributed by atoms with van der Waals surface area (Å²) in [5, 5.41) is 1.22. The molecule has 12 heteroatoms. The topological polar surface area (TPSA) is 115 Å². The predicted octanol–water partition coefficient (Wildman–Crippen LogP) is 1.49. The van der Waals surface area contributed by atoms with Crippen molar-refractivity contribution in [2.24, 2.45) is 0 Å². The van der Waals surface area contributed by atoms with Gasteiger partial charge in [0.25, 0.3) is 11.5 Å². The minimum absolute atomic E-state index is 0.0908. The molecule has 1 aromatic carbocycles. The SMILES string of the molecule is Cc1nc2ccc(CN3CCN(c4ccc(C(=O)NN5CCCC5=O)nc4F)CC3)c(F)c2[nH]c1=O. The molecule has 0 aliphatic carbocycles. The van der Waals surface area contributed by atoms with E-state index in [-0.39, 0.29) is 28.5 Å². The predicted molar refractivity (Wildman–Crippen MR) is 127 cm³/mol. The monoisotopic (exact) mass is 497 g/mol. The van der Waals surface area contributed by atoms with Crippen LogP contribution in [-0.4, -0.2) is 69.4 Å². The van der Waals surface area contributed by atoms with E-state index >= 15 is 4.39 Å². The molecule has 0 spiro atoms. The van der Waals surface area contributed by atoms with Gasteiger partial charge in [-0.1, -0.05) is 6.07 Å². The first-order valence-corrected chi connectivity index (χ1v) is 11.7. The lowest BCUT2D eigenvalue weighted by atomic mass is 10.1. The average Bonchev–Trinajstić information content (AvgIpc) is 3.27. The number of carbonyl (C=O) groups excluding carboxylic acids is 2. The van der Waals surface area contributed by atoms with Crippen LogP contribution in [0.25, 0.3) is 11.0 Å². The molecular formula is C24H25F2N7O3. The molecule has 0 unspecified atom stereocenters. The molecule has 2 N–H and O–H groups in total. The van der Waals surface area contributed by atoms with E-state index in [0.717, 1.165) is 0 Å². The van der Waals surface area contributed by atoms with Crippen LogP contribution >= 0.6 is 0 Å². The number of rotatable bonds is 5. The van der Waals surface area contributed by atoms with Gasteiger partial charge in [-0.05, 0) is 31.5 Å². The number of halogens is 2. The highest BCUT2D eigenvalue weighted by Crippen LogP contribution is 2.23. The first-order chi connectivity index (χ1) is 17.3. The van der Waals surface area contributed by atoms with Gasteiger partial charge in [-0.15, -0.1) is 0 Å². The van der Waals surface area contributed by atoms with Crippen molar-refractivity contribution >= 4 is 28.5 Å². The molecule has 2 aliphatic heterocycles. The van der Waals surface area contributed by atoms with Crippen molar-refractivity contribution in [3.63, 3.8) is 0 Å². The summed E-state index contributed by atoms with van der Waals surface area (Å²) in [6.07, 6.45) is 1.03. The molecule has 4 heterocycles. The van der Waals surface area contributed by atoms with Gasteiger partial charge < -0.3 is 9.88 Å². The van der Waals surface area contributed by atoms with E-state index in [4.69, 9.17) is 0 Å². The Morgan fingerprint density at radius 2 is 1.83 bits per heavy atom. The van der Waals surface area contributed by atoms with Crippen molar-refractivity contribution in [3.05, 3.63) is 63.3 Å². The number of carbonyl (C=O) groups is 2. The van der Waals surface area contributed by atoms with Crippen LogP contribution < -0.4 is 15.9 Å². The van der Waals surface area contributed by atoms with E-state index in [1.807, 2.05) is 9.80 Å². The molecule has 0 bridgehead atoms.